The molecule has 0 spiro atoms. The number of rotatable bonds is 5. The number of hydrogen-bond donors (Lipinski definition) is 1. The van der Waals surface area contributed by atoms with Crippen molar-refractivity contribution in [2.24, 2.45) is 0 Å². The lowest BCUT2D eigenvalue weighted by Crippen LogP contribution is -2.28. The van der Waals surface area contributed by atoms with Crippen molar-refractivity contribution in [3.8, 4) is 34.5 Å². The van der Waals surface area contributed by atoms with Gasteiger partial charge < -0.3 is 10.6 Å². The topological polar surface area (TPSA) is 99.9 Å². The number of imidazole rings is 1. The molecule has 1 aliphatic rings. The van der Waals surface area contributed by atoms with Crippen LogP contribution in [-0.2, 0) is 6.54 Å². The fourth-order valence-corrected chi connectivity index (χ4v) is 5.00. The van der Waals surface area contributed by atoms with Crippen molar-refractivity contribution in [2.45, 2.75) is 13.0 Å². The van der Waals surface area contributed by atoms with Crippen molar-refractivity contribution >= 4 is 17.0 Å². The minimum Gasteiger partial charge on any atom is -0.383 e. The molecule has 1 saturated heterocycles. The highest BCUT2D eigenvalue weighted by atomic mass is 15.2. The van der Waals surface area contributed by atoms with E-state index in [0.29, 0.717) is 11.6 Å². The molecule has 8 nitrogen and oxygen atoms in total. The molecule has 8 heteroatoms. The van der Waals surface area contributed by atoms with Gasteiger partial charge in [0.05, 0.1) is 11.3 Å². The summed E-state index contributed by atoms with van der Waals surface area (Å²) in [7, 11) is 0. The summed E-state index contributed by atoms with van der Waals surface area (Å²) in [5.74, 6) is 1.14. The van der Waals surface area contributed by atoms with Crippen LogP contribution in [0.3, 0.4) is 0 Å². The Morgan fingerprint density at radius 3 is 2.47 bits per heavy atom. The van der Waals surface area contributed by atoms with Gasteiger partial charge in [0.2, 0.25) is 0 Å². The fraction of sp³-hybridized carbons (Fsp3) is 0.200. The third-order valence-corrected chi connectivity index (χ3v) is 6.98. The first-order chi connectivity index (χ1) is 18.7. The monoisotopic (exact) mass is 500 g/mol. The quantitative estimate of drug-likeness (QED) is 0.349. The lowest BCUT2D eigenvalue weighted by atomic mass is 10.1. The number of nitrogen functional groups attached to an aromatic ring is 1. The molecule has 6 rings (SSSR count). The largest absolute Gasteiger partial charge is 0.383 e. The number of fused-ring (bicyclic) bond motifs is 1. The molecular weight excluding hydrogens is 472 g/mol. The molecule has 0 amide bonds. The number of anilines is 1. The van der Waals surface area contributed by atoms with Gasteiger partial charge in [0, 0.05) is 50.2 Å². The minimum atomic E-state index is 0.427. The predicted octanol–water partition coefficient (Wildman–Crippen LogP) is 4.72. The molecule has 1 aliphatic heterocycles. The van der Waals surface area contributed by atoms with Gasteiger partial charge in [0.15, 0.2) is 17.7 Å². The molecule has 188 valence electrons. The maximum absolute atomic E-state index is 9.23. The Kier molecular flexibility index (Phi) is 6.42. The van der Waals surface area contributed by atoms with Gasteiger partial charge in [-0.15, -0.1) is 0 Å². The van der Waals surface area contributed by atoms with E-state index in [9.17, 15) is 5.26 Å². The van der Waals surface area contributed by atoms with Gasteiger partial charge in [-0.1, -0.05) is 42.5 Å². The summed E-state index contributed by atoms with van der Waals surface area (Å²) in [6.45, 7) is 4.34. The first-order valence-corrected chi connectivity index (χ1v) is 12.8. The number of aromatic nitrogens is 4. The van der Waals surface area contributed by atoms with Gasteiger partial charge in [-0.2, -0.15) is 5.26 Å². The summed E-state index contributed by atoms with van der Waals surface area (Å²) in [6, 6.07) is 26.5. The summed E-state index contributed by atoms with van der Waals surface area (Å²) in [5.41, 5.74) is 12.7. The van der Waals surface area contributed by atoms with Crippen molar-refractivity contribution in [3.63, 3.8) is 0 Å². The van der Waals surface area contributed by atoms with Crippen LogP contribution in [0.15, 0.2) is 85.1 Å². The van der Waals surface area contributed by atoms with Crippen molar-refractivity contribution in [1.29, 1.82) is 5.26 Å². The van der Waals surface area contributed by atoms with Crippen LogP contribution in [-0.4, -0.2) is 55.5 Å². The average Bonchev–Trinajstić information content (AvgIpc) is 3.18. The lowest BCUT2D eigenvalue weighted by Gasteiger charge is -2.20. The van der Waals surface area contributed by atoms with Crippen molar-refractivity contribution < 1.29 is 0 Å². The molecule has 0 bridgehead atoms. The number of nitrogens with zero attached hydrogens (tertiary/aromatic N) is 7. The molecular formula is C30H28N8. The van der Waals surface area contributed by atoms with Gasteiger partial charge >= 0.3 is 0 Å². The van der Waals surface area contributed by atoms with E-state index < -0.39 is 0 Å². The molecule has 0 unspecified atom stereocenters. The Hall–Kier alpha value is -4.74. The molecule has 0 aliphatic carbocycles. The average molecular weight is 501 g/mol. The van der Waals surface area contributed by atoms with Crippen molar-refractivity contribution in [1.82, 2.24) is 29.3 Å². The summed E-state index contributed by atoms with van der Waals surface area (Å²) >= 11 is 0. The van der Waals surface area contributed by atoms with Gasteiger partial charge in [-0.25, -0.2) is 15.0 Å². The van der Waals surface area contributed by atoms with E-state index in [4.69, 9.17) is 15.7 Å². The molecule has 0 atom stereocenters. The molecule has 0 saturated carbocycles. The van der Waals surface area contributed by atoms with E-state index in [1.165, 1.54) is 5.56 Å². The molecule has 1 fully saturated rings. The van der Waals surface area contributed by atoms with Crippen LogP contribution in [0.4, 0.5) is 5.82 Å². The smallest absolute Gasteiger partial charge is 0.179 e. The first-order valence-electron chi connectivity index (χ1n) is 12.8. The Labute approximate surface area is 221 Å². The van der Waals surface area contributed by atoms with Gasteiger partial charge in [0.25, 0.3) is 0 Å². The van der Waals surface area contributed by atoms with E-state index in [1.54, 1.807) is 6.20 Å². The number of hydrogen-bond acceptors (Lipinski definition) is 7. The molecule has 2 aromatic carbocycles. The zero-order valence-corrected chi connectivity index (χ0v) is 21.0. The summed E-state index contributed by atoms with van der Waals surface area (Å²) in [5, 5.41) is 9.23. The second-order valence-corrected chi connectivity index (χ2v) is 9.50. The SMILES string of the molecule is N#CN1CCCN(Cc2ccc(-n3c(-c4cccnc4N)nc4ccc(-c5ccccc5)nc43)cc2)CC1. The standard InChI is InChI=1S/C30H28N8/c31-21-37-17-5-16-36(18-19-37)20-22-9-11-24(12-10-22)38-29(25-8-4-15-33-28(25)32)35-27-14-13-26(34-30(27)38)23-6-2-1-3-7-23/h1-4,6-15H,5,16-20H2,(H2,32,33). The molecule has 5 aromatic rings. The Balaban J connectivity index is 1.39. The van der Waals surface area contributed by atoms with Crippen molar-refractivity contribution in [2.75, 3.05) is 31.9 Å². The summed E-state index contributed by atoms with van der Waals surface area (Å²) in [4.78, 5) is 18.5. The Morgan fingerprint density at radius 1 is 0.842 bits per heavy atom. The van der Waals surface area contributed by atoms with Crippen LogP contribution in [0, 0.1) is 11.5 Å². The van der Waals surface area contributed by atoms with Gasteiger partial charge in [-0.3, -0.25) is 9.47 Å². The van der Waals surface area contributed by atoms with Crippen LogP contribution in [0.1, 0.15) is 12.0 Å². The summed E-state index contributed by atoms with van der Waals surface area (Å²) in [6.07, 6.45) is 4.97. The third-order valence-electron chi connectivity index (χ3n) is 6.98. The summed E-state index contributed by atoms with van der Waals surface area (Å²) < 4.78 is 2.07. The van der Waals surface area contributed by atoms with E-state index >= 15 is 0 Å². The van der Waals surface area contributed by atoms with E-state index in [-0.39, 0.29) is 0 Å². The zero-order chi connectivity index (χ0) is 25.9. The van der Waals surface area contributed by atoms with Crippen LogP contribution in [0.2, 0.25) is 0 Å². The van der Waals surface area contributed by atoms with Crippen LogP contribution < -0.4 is 5.73 Å². The van der Waals surface area contributed by atoms with E-state index in [2.05, 4.69) is 57.0 Å². The number of benzene rings is 2. The Morgan fingerprint density at radius 2 is 1.68 bits per heavy atom. The number of pyridine rings is 2. The van der Waals surface area contributed by atoms with Gasteiger partial charge in [0.1, 0.15) is 11.3 Å². The number of nitriles is 1. The highest BCUT2D eigenvalue weighted by Crippen LogP contribution is 2.31. The molecule has 4 heterocycles. The van der Waals surface area contributed by atoms with Crippen LogP contribution in [0.25, 0.3) is 39.5 Å². The fourth-order valence-electron chi connectivity index (χ4n) is 5.00. The molecule has 0 radical (unpaired) electrons. The second-order valence-electron chi connectivity index (χ2n) is 9.50. The first kappa shape index (κ1) is 23.6. The minimum absolute atomic E-state index is 0.427. The zero-order valence-electron chi connectivity index (χ0n) is 21.0. The molecule has 2 N–H and O–H groups in total. The van der Waals surface area contributed by atoms with E-state index in [1.807, 2.05) is 47.4 Å². The highest BCUT2D eigenvalue weighted by Gasteiger charge is 2.19. The third kappa shape index (κ3) is 4.67. The predicted molar refractivity (Wildman–Crippen MR) is 149 cm³/mol. The lowest BCUT2D eigenvalue weighted by molar-refractivity contribution is 0.276. The van der Waals surface area contributed by atoms with Crippen LogP contribution >= 0.6 is 0 Å². The molecule has 3 aromatic heterocycles. The normalized spacial score (nSPS) is 14.3. The molecule has 38 heavy (non-hydrogen) atoms. The van der Waals surface area contributed by atoms with E-state index in [0.717, 1.165) is 72.8 Å². The number of nitrogens with two attached hydrogens (primary N) is 1. The highest BCUT2D eigenvalue weighted by molar-refractivity contribution is 5.84. The van der Waals surface area contributed by atoms with Crippen molar-refractivity contribution in [3.05, 3.63) is 90.6 Å². The van der Waals surface area contributed by atoms with Crippen LogP contribution in [0.5, 0.6) is 0 Å². The maximum atomic E-state index is 9.23. The Bertz CT molecular complexity index is 1600. The maximum Gasteiger partial charge on any atom is 0.179 e. The van der Waals surface area contributed by atoms with Gasteiger partial charge in [-0.05, 0) is 48.4 Å². The second kappa shape index (κ2) is 10.3.